The van der Waals surface area contributed by atoms with Gasteiger partial charge >= 0.3 is 0 Å². The summed E-state index contributed by atoms with van der Waals surface area (Å²) in [6, 6.07) is 5.57. The highest BCUT2D eigenvalue weighted by Crippen LogP contribution is 2.22. The zero-order valence-electron chi connectivity index (χ0n) is 14.6. The van der Waals surface area contributed by atoms with E-state index in [0.29, 0.717) is 36.3 Å². The molecule has 0 aliphatic carbocycles. The van der Waals surface area contributed by atoms with Crippen LogP contribution in [-0.4, -0.2) is 48.4 Å². The summed E-state index contributed by atoms with van der Waals surface area (Å²) in [6.07, 6.45) is 6.99. The second-order valence-corrected chi connectivity index (χ2v) is 6.53. The van der Waals surface area contributed by atoms with Gasteiger partial charge in [-0.1, -0.05) is 11.2 Å². The Morgan fingerprint density at radius 1 is 1.31 bits per heavy atom. The molecule has 1 aliphatic rings. The number of aryl methyl sites for hydroxylation is 1. The fraction of sp³-hybridized carbons (Fsp3) is 0.389. The lowest BCUT2D eigenvalue weighted by molar-refractivity contribution is 0.0783. The van der Waals surface area contributed by atoms with Crippen LogP contribution in [0.4, 0.5) is 0 Å². The normalized spacial score (nSPS) is 18.1. The van der Waals surface area contributed by atoms with Crippen molar-refractivity contribution in [2.24, 2.45) is 13.0 Å². The minimum Gasteiger partial charge on any atom is -0.337 e. The van der Waals surface area contributed by atoms with E-state index in [4.69, 9.17) is 4.52 Å². The van der Waals surface area contributed by atoms with Gasteiger partial charge in [0, 0.05) is 38.1 Å². The molecule has 0 aromatic carbocycles. The monoisotopic (exact) mass is 352 g/mol. The fourth-order valence-corrected chi connectivity index (χ4v) is 3.31. The van der Waals surface area contributed by atoms with Gasteiger partial charge in [0.1, 0.15) is 5.69 Å². The van der Waals surface area contributed by atoms with E-state index in [-0.39, 0.29) is 11.7 Å². The van der Waals surface area contributed by atoms with E-state index in [1.54, 1.807) is 23.2 Å². The Morgan fingerprint density at radius 2 is 2.23 bits per heavy atom. The van der Waals surface area contributed by atoms with Crippen molar-refractivity contribution in [2.45, 2.75) is 19.4 Å². The first-order valence-corrected chi connectivity index (χ1v) is 8.68. The number of Topliss-reactive ketones (excluding diaryl/α,β-unsaturated/α-hetero) is 1. The second kappa shape index (κ2) is 7.17. The first-order chi connectivity index (χ1) is 12.7. The molecule has 4 heterocycles. The third-order valence-electron chi connectivity index (χ3n) is 4.64. The van der Waals surface area contributed by atoms with Crippen LogP contribution in [0.15, 0.2) is 41.3 Å². The number of likely N-dealkylation sites (tertiary alicyclic amines) is 1. The lowest BCUT2D eigenvalue weighted by atomic mass is 9.93. The highest BCUT2D eigenvalue weighted by molar-refractivity contribution is 5.94. The minimum absolute atomic E-state index is 0.0527. The molecule has 1 atom stereocenters. The SMILES string of the molecule is Cn1ccnc1C(=O)C1CCCN(Cc2nc(-c3ccccn3)no2)C1. The highest BCUT2D eigenvalue weighted by atomic mass is 16.5. The first-order valence-electron chi connectivity index (χ1n) is 8.68. The molecule has 3 aromatic rings. The van der Waals surface area contributed by atoms with Crippen molar-refractivity contribution < 1.29 is 9.32 Å². The Hall–Kier alpha value is -2.87. The quantitative estimate of drug-likeness (QED) is 0.648. The second-order valence-electron chi connectivity index (χ2n) is 6.53. The molecule has 1 unspecified atom stereocenters. The Labute approximate surface area is 150 Å². The number of piperidine rings is 1. The number of ketones is 1. The van der Waals surface area contributed by atoms with E-state index in [1.165, 1.54) is 0 Å². The Morgan fingerprint density at radius 3 is 3.00 bits per heavy atom. The summed E-state index contributed by atoms with van der Waals surface area (Å²) in [7, 11) is 1.85. The number of hydrogen-bond donors (Lipinski definition) is 0. The number of rotatable bonds is 5. The molecule has 134 valence electrons. The molecular weight excluding hydrogens is 332 g/mol. The van der Waals surface area contributed by atoms with Gasteiger partial charge in [0.05, 0.1) is 6.54 Å². The molecular formula is C18H20N6O2. The molecule has 0 spiro atoms. The van der Waals surface area contributed by atoms with Crippen LogP contribution in [0, 0.1) is 5.92 Å². The molecule has 3 aromatic heterocycles. The van der Waals surface area contributed by atoms with E-state index >= 15 is 0 Å². The van der Waals surface area contributed by atoms with Gasteiger partial charge in [-0.05, 0) is 31.5 Å². The molecule has 0 N–H and O–H groups in total. The first kappa shape index (κ1) is 16.6. The molecule has 0 radical (unpaired) electrons. The van der Waals surface area contributed by atoms with Crippen LogP contribution in [-0.2, 0) is 13.6 Å². The summed E-state index contributed by atoms with van der Waals surface area (Å²) in [6.45, 7) is 2.11. The Bertz CT molecular complexity index is 888. The van der Waals surface area contributed by atoms with Crippen molar-refractivity contribution in [2.75, 3.05) is 13.1 Å². The standard InChI is InChI=1S/C18H20N6O2/c1-23-10-8-20-18(23)16(25)13-5-4-9-24(11-13)12-15-21-17(22-26-15)14-6-2-3-7-19-14/h2-3,6-8,10,13H,4-5,9,11-12H2,1H3. The molecule has 1 fully saturated rings. The fourth-order valence-electron chi connectivity index (χ4n) is 3.31. The zero-order valence-corrected chi connectivity index (χ0v) is 14.6. The third-order valence-corrected chi connectivity index (χ3v) is 4.64. The Kier molecular flexibility index (Phi) is 4.57. The number of aromatic nitrogens is 5. The van der Waals surface area contributed by atoms with E-state index in [0.717, 1.165) is 19.4 Å². The van der Waals surface area contributed by atoms with Crippen LogP contribution in [0.25, 0.3) is 11.5 Å². The summed E-state index contributed by atoms with van der Waals surface area (Å²) < 4.78 is 7.14. The van der Waals surface area contributed by atoms with Crippen LogP contribution < -0.4 is 0 Å². The van der Waals surface area contributed by atoms with Gasteiger partial charge in [0.15, 0.2) is 5.82 Å². The number of hydrogen-bond acceptors (Lipinski definition) is 7. The van der Waals surface area contributed by atoms with Crippen molar-refractivity contribution >= 4 is 5.78 Å². The molecule has 1 saturated heterocycles. The van der Waals surface area contributed by atoms with Crippen LogP contribution in [0.1, 0.15) is 29.4 Å². The van der Waals surface area contributed by atoms with E-state index in [9.17, 15) is 4.79 Å². The predicted octanol–water partition coefficient (Wildman–Crippen LogP) is 1.96. The molecule has 8 heteroatoms. The van der Waals surface area contributed by atoms with Gasteiger partial charge in [-0.15, -0.1) is 0 Å². The van der Waals surface area contributed by atoms with Crippen LogP contribution >= 0.6 is 0 Å². The van der Waals surface area contributed by atoms with E-state index in [2.05, 4.69) is 25.0 Å². The molecule has 8 nitrogen and oxygen atoms in total. The van der Waals surface area contributed by atoms with Crippen molar-refractivity contribution in [3.8, 4) is 11.5 Å². The molecule has 4 rings (SSSR count). The lowest BCUT2D eigenvalue weighted by Crippen LogP contribution is -2.39. The summed E-state index contributed by atoms with van der Waals surface area (Å²) in [4.78, 5) is 27.7. The minimum atomic E-state index is -0.0527. The van der Waals surface area contributed by atoms with Crippen LogP contribution in [0.3, 0.4) is 0 Å². The molecule has 1 aliphatic heterocycles. The summed E-state index contributed by atoms with van der Waals surface area (Å²) in [5.74, 6) is 1.59. The van der Waals surface area contributed by atoms with Crippen molar-refractivity contribution in [1.29, 1.82) is 0 Å². The van der Waals surface area contributed by atoms with E-state index < -0.39 is 0 Å². The van der Waals surface area contributed by atoms with E-state index in [1.807, 2.05) is 25.2 Å². The largest absolute Gasteiger partial charge is 0.337 e. The Balaban J connectivity index is 1.42. The van der Waals surface area contributed by atoms with Gasteiger partial charge < -0.3 is 9.09 Å². The van der Waals surface area contributed by atoms with Gasteiger partial charge in [-0.3, -0.25) is 14.7 Å². The smallest absolute Gasteiger partial charge is 0.241 e. The number of imidazole rings is 1. The van der Waals surface area contributed by atoms with Gasteiger partial charge in [-0.2, -0.15) is 4.98 Å². The number of pyridine rings is 1. The maximum atomic E-state index is 12.7. The number of carbonyl (C=O) groups excluding carboxylic acids is 1. The van der Waals surface area contributed by atoms with Gasteiger partial charge in [0.2, 0.25) is 17.5 Å². The summed E-state index contributed by atoms with van der Waals surface area (Å²) >= 11 is 0. The molecule has 26 heavy (non-hydrogen) atoms. The van der Waals surface area contributed by atoms with Crippen LogP contribution in [0.2, 0.25) is 0 Å². The number of nitrogens with zero attached hydrogens (tertiary/aromatic N) is 6. The summed E-state index contributed by atoms with van der Waals surface area (Å²) in [5.41, 5.74) is 0.684. The zero-order chi connectivity index (χ0) is 17.9. The molecule has 0 amide bonds. The average Bonchev–Trinajstić information content (AvgIpc) is 3.31. The maximum absolute atomic E-state index is 12.7. The summed E-state index contributed by atoms with van der Waals surface area (Å²) in [5, 5.41) is 4.00. The lowest BCUT2D eigenvalue weighted by Gasteiger charge is -2.30. The maximum Gasteiger partial charge on any atom is 0.241 e. The molecule has 0 saturated carbocycles. The van der Waals surface area contributed by atoms with Crippen LogP contribution in [0.5, 0.6) is 0 Å². The third kappa shape index (κ3) is 3.41. The van der Waals surface area contributed by atoms with Gasteiger partial charge in [0.25, 0.3) is 0 Å². The average molecular weight is 352 g/mol. The predicted molar refractivity (Wildman–Crippen MR) is 93.1 cm³/mol. The van der Waals surface area contributed by atoms with Gasteiger partial charge in [-0.25, -0.2) is 4.98 Å². The topological polar surface area (TPSA) is 89.9 Å². The molecule has 0 bridgehead atoms. The van der Waals surface area contributed by atoms with Crippen molar-refractivity contribution in [1.82, 2.24) is 29.6 Å². The van der Waals surface area contributed by atoms with Crippen molar-refractivity contribution in [3.63, 3.8) is 0 Å². The number of carbonyl (C=O) groups is 1. The van der Waals surface area contributed by atoms with Crippen molar-refractivity contribution in [3.05, 3.63) is 48.5 Å². The highest BCUT2D eigenvalue weighted by Gasteiger charge is 2.29.